The molecule has 0 saturated heterocycles. The fourth-order valence-corrected chi connectivity index (χ4v) is 2.04. The Labute approximate surface area is 121 Å². The van der Waals surface area contributed by atoms with Crippen LogP contribution in [0.2, 0.25) is 0 Å². The maximum Gasteiger partial charge on any atom is 0.125 e. The third-order valence-corrected chi connectivity index (χ3v) is 3.28. The van der Waals surface area contributed by atoms with Gasteiger partial charge in [0.1, 0.15) is 5.82 Å². The fourth-order valence-electron chi connectivity index (χ4n) is 2.04. The number of benzene rings is 1. The zero-order chi connectivity index (χ0) is 14.4. The third-order valence-electron chi connectivity index (χ3n) is 3.28. The van der Waals surface area contributed by atoms with Crippen molar-refractivity contribution in [3.63, 3.8) is 0 Å². The molecular weight excluding hydrogens is 246 g/mol. The minimum absolute atomic E-state index is 0.865. The highest BCUT2D eigenvalue weighted by Gasteiger charge is 2.02. The first-order valence-electron chi connectivity index (χ1n) is 7.15. The average Bonchev–Trinajstić information content (AvgIpc) is 2.47. The van der Waals surface area contributed by atoms with Gasteiger partial charge in [0.15, 0.2) is 0 Å². The quantitative estimate of drug-likeness (QED) is 0.863. The lowest BCUT2D eigenvalue weighted by molar-refractivity contribution is 0.912. The van der Waals surface area contributed by atoms with Crippen LogP contribution in [-0.2, 0) is 6.54 Å². The summed E-state index contributed by atoms with van der Waals surface area (Å²) in [6.45, 7) is 6.09. The standard InChI is InChI=1S/C17H23N3/c1-4-11-18-17-10-7-15(12-19-17)13-20(3)16-8-5-14(2)6-9-16/h5-10,12H,4,11,13H2,1-3H3,(H,18,19). The second-order valence-corrected chi connectivity index (χ2v) is 5.17. The number of pyridine rings is 1. The molecule has 0 fully saturated rings. The molecular formula is C17H23N3. The molecule has 106 valence electrons. The Hall–Kier alpha value is -2.03. The van der Waals surface area contributed by atoms with Crippen molar-refractivity contribution in [1.82, 2.24) is 4.98 Å². The van der Waals surface area contributed by atoms with Gasteiger partial charge in [-0.3, -0.25) is 0 Å². The number of nitrogens with zero attached hydrogens (tertiary/aromatic N) is 2. The van der Waals surface area contributed by atoms with E-state index in [-0.39, 0.29) is 0 Å². The van der Waals surface area contributed by atoms with Gasteiger partial charge in [-0.15, -0.1) is 0 Å². The van der Waals surface area contributed by atoms with E-state index in [9.17, 15) is 0 Å². The van der Waals surface area contributed by atoms with Gasteiger partial charge < -0.3 is 10.2 Å². The van der Waals surface area contributed by atoms with Crippen LogP contribution in [0.5, 0.6) is 0 Å². The van der Waals surface area contributed by atoms with Gasteiger partial charge in [0.25, 0.3) is 0 Å². The Morgan fingerprint density at radius 1 is 1.10 bits per heavy atom. The van der Waals surface area contributed by atoms with E-state index >= 15 is 0 Å². The average molecular weight is 269 g/mol. The van der Waals surface area contributed by atoms with Gasteiger partial charge in [-0.05, 0) is 37.1 Å². The maximum atomic E-state index is 4.44. The van der Waals surface area contributed by atoms with Gasteiger partial charge in [0.05, 0.1) is 0 Å². The lowest BCUT2D eigenvalue weighted by Crippen LogP contribution is -2.16. The van der Waals surface area contributed by atoms with Gasteiger partial charge in [-0.2, -0.15) is 0 Å². The summed E-state index contributed by atoms with van der Waals surface area (Å²) in [6, 6.07) is 12.8. The molecule has 2 aromatic rings. The van der Waals surface area contributed by atoms with E-state index < -0.39 is 0 Å². The zero-order valence-electron chi connectivity index (χ0n) is 12.6. The third kappa shape index (κ3) is 3.98. The van der Waals surface area contributed by atoms with E-state index in [1.165, 1.54) is 16.8 Å². The molecule has 1 aromatic carbocycles. The second kappa shape index (κ2) is 6.94. The first-order valence-corrected chi connectivity index (χ1v) is 7.15. The van der Waals surface area contributed by atoms with Crippen LogP contribution in [0.25, 0.3) is 0 Å². The number of nitrogens with one attached hydrogen (secondary N) is 1. The van der Waals surface area contributed by atoms with Gasteiger partial charge >= 0.3 is 0 Å². The summed E-state index contributed by atoms with van der Waals surface area (Å²) in [4.78, 5) is 6.67. The molecule has 0 radical (unpaired) electrons. The van der Waals surface area contributed by atoms with Crippen molar-refractivity contribution in [2.24, 2.45) is 0 Å². The van der Waals surface area contributed by atoms with E-state index in [4.69, 9.17) is 0 Å². The molecule has 2 rings (SSSR count). The minimum atomic E-state index is 0.865. The van der Waals surface area contributed by atoms with E-state index in [2.05, 4.69) is 66.4 Å². The van der Waals surface area contributed by atoms with Gasteiger partial charge in [0, 0.05) is 32.0 Å². The Balaban J connectivity index is 1.97. The van der Waals surface area contributed by atoms with Crippen LogP contribution in [0.15, 0.2) is 42.6 Å². The maximum absolute atomic E-state index is 4.44. The molecule has 0 amide bonds. The first kappa shape index (κ1) is 14.4. The van der Waals surface area contributed by atoms with Crippen LogP contribution in [0, 0.1) is 6.92 Å². The second-order valence-electron chi connectivity index (χ2n) is 5.17. The molecule has 0 atom stereocenters. The molecule has 1 aromatic heterocycles. The van der Waals surface area contributed by atoms with Crippen LogP contribution in [0.3, 0.4) is 0 Å². The summed E-state index contributed by atoms with van der Waals surface area (Å²) in [6.07, 6.45) is 3.06. The Bertz CT molecular complexity index is 517. The van der Waals surface area contributed by atoms with E-state index in [0.29, 0.717) is 0 Å². The molecule has 1 heterocycles. The van der Waals surface area contributed by atoms with Crippen molar-refractivity contribution < 1.29 is 0 Å². The summed E-state index contributed by atoms with van der Waals surface area (Å²) >= 11 is 0. The van der Waals surface area contributed by atoms with Crippen molar-refractivity contribution in [1.29, 1.82) is 0 Å². The van der Waals surface area contributed by atoms with Crippen LogP contribution in [-0.4, -0.2) is 18.6 Å². The van der Waals surface area contributed by atoms with Gasteiger partial charge in [-0.1, -0.05) is 30.7 Å². The molecule has 0 aliphatic carbocycles. The number of anilines is 2. The minimum Gasteiger partial charge on any atom is -0.370 e. The summed E-state index contributed by atoms with van der Waals surface area (Å²) in [5, 5.41) is 3.29. The lowest BCUT2D eigenvalue weighted by Gasteiger charge is -2.19. The molecule has 0 unspecified atom stereocenters. The highest BCUT2D eigenvalue weighted by molar-refractivity contribution is 5.47. The normalized spacial score (nSPS) is 10.3. The van der Waals surface area contributed by atoms with Crippen LogP contribution in [0.1, 0.15) is 24.5 Å². The van der Waals surface area contributed by atoms with Gasteiger partial charge in [0.2, 0.25) is 0 Å². The Morgan fingerprint density at radius 2 is 1.85 bits per heavy atom. The Morgan fingerprint density at radius 3 is 2.45 bits per heavy atom. The number of rotatable bonds is 6. The molecule has 0 spiro atoms. The first-order chi connectivity index (χ1) is 9.69. The molecule has 3 nitrogen and oxygen atoms in total. The molecule has 0 aliphatic heterocycles. The highest BCUT2D eigenvalue weighted by Crippen LogP contribution is 2.16. The monoisotopic (exact) mass is 269 g/mol. The lowest BCUT2D eigenvalue weighted by atomic mass is 10.2. The predicted octanol–water partition coefficient (Wildman–Crippen LogP) is 3.85. The molecule has 3 heteroatoms. The molecule has 0 aliphatic rings. The predicted molar refractivity (Wildman–Crippen MR) is 86.3 cm³/mol. The van der Waals surface area contributed by atoms with Gasteiger partial charge in [-0.25, -0.2) is 4.98 Å². The van der Waals surface area contributed by atoms with Crippen LogP contribution in [0.4, 0.5) is 11.5 Å². The van der Waals surface area contributed by atoms with Crippen molar-refractivity contribution in [3.05, 3.63) is 53.7 Å². The topological polar surface area (TPSA) is 28.2 Å². The van der Waals surface area contributed by atoms with Crippen molar-refractivity contribution in [2.45, 2.75) is 26.8 Å². The molecule has 1 N–H and O–H groups in total. The number of hydrogen-bond donors (Lipinski definition) is 1. The molecule has 20 heavy (non-hydrogen) atoms. The van der Waals surface area contributed by atoms with E-state index in [1.54, 1.807) is 0 Å². The van der Waals surface area contributed by atoms with Crippen molar-refractivity contribution in [2.75, 3.05) is 23.8 Å². The van der Waals surface area contributed by atoms with Crippen molar-refractivity contribution >= 4 is 11.5 Å². The Kier molecular flexibility index (Phi) is 4.99. The van der Waals surface area contributed by atoms with Crippen molar-refractivity contribution in [3.8, 4) is 0 Å². The van der Waals surface area contributed by atoms with E-state index in [1.807, 2.05) is 12.3 Å². The molecule has 0 saturated carbocycles. The summed E-state index contributed by atoms with van der Waals surface area (Å²) in [7, 11) is 2.11. The van der Waals surface area contributed by atoms with Crippen LogP contribution >= 0.6 is 0 Å². The SMILES string of the molecule is CCCNc1ccc(CN(C)c2ccc(C)cc2)cn1. The fraction of sp³-hybridized carbons (Fsp3) is 0.353. The smallest absolute Gasteiger partial charge is 0.125 e. The number of aryl methyl sites for hydroxylation is 1. The number of hydrogen-bond acceptors (Lipinski definition) is 3. The highest BCUT2D eigenvalue weighted by atomic mass is 15.1. The summed E-state index contributed by atoms with van der Waals surface area (Å²) in [5.74, 6) is 0.952. The largest absolute Gasteiger partial charge is 0.370 e. The molecule has 0 bridgehead atoms. The summed E-state index contributed by atoms with van der Waals surface area (Å²) < 4.78 is 0. The van der Waals surface area contributed by atoms with E-state index in [0.717, 1.165) is 25.3 Å². The van der Waals surface area contributed by atoms with Crippen LogP contribution < -0.4 is 10.2 Å². The summed E-state index contributed by atoms with van der Waals surface area (Å²) in [5.41, 5.74) is 3.73. The number of aromatic nitrogens is 1. The zero-order valence-corrected chi connectivity index (χ0v) is 12.6.